The maximum atomic E-state index is 13.2. The van der Waals surface area contributed by atoms with Gasteiger partial charge in [-0.15, -0.1) is 0 Å². The molecule has 0 radical (unpaired) electrons. The van der Waals surface area contributed by atoms with Gasteiger partial charge < -0.3 is 15.0 Å². The summed E-state index contributed by atoms with van der Waals surface area (Å²) in [5, 5.41) is 2.25. The largest absolute Gasteiger partial charge is 0.484 e. The van der Waals surface area contributed by atoms with E-state index in [1.807, 2.05) is 0 Å². The van der Waals surface area contributed by atoms with Crippen molar-refractivity contribution in [1.82, 2.24) is 0 Å². The van der Waals surface area contributed by atoms with Crippen LogP contribution < -0.4 is 15.0 Å². The molecule has 0 aliphatic rings. The Morgan fingerprint density at radius 3 is 2.38 bits per heavy atom. The Hall–Kier alpha value is -2.70. The molecule has 0 aliphatic heterocycles. The molecule has 4 nitrogen and oxygen atoms in total. The number of ether oxygens (including phenoxy) is 1. The summed E-state index contributed by atoms with van der Waals surface area (Å²) < 4.78 is 44.8. The van der Waals surface area contributed by atoms with Crippen LogP contribution in [0, 0.1) is 0 Å². The molecule has 7 heteroatoms. The van der Waals surface area contributed by atoms with Crippen molar-refractivity contribution in [1.29, 1.82) is 0 Å². The maximum Gasteiger partial charge on any atom is 0.418 e. The van der Waals surface area contributed by atoms with E-state index in [2.05, 4.69) is 5.32 Å². The molecule has 0 fully saturated rings. The molecule has 0 spiro atoms. The zero-order valence-electron chi connectivity index (χ0n) is 13.2. The molecule has 0 saturated heterocycles. The normalized spacial score (nSPS) is 11.0. The van der Waals surface area contributed by atoms with Crippen LogP contribution in [0.4, 0.5) is 24.5 Å². The highest BCUT2D eigenvalue weighted by molar-refractivity contribution is 5.93. The van der Waals surface area contributed by atoms with Gasteiger partial charge in [-0.1, -0.05) is 18.2 Å². The molecule has 0 aromatic heterocycles. The summed E-state index contributed by atoms with van der Waals surface area (Å²) in [7, 11) is 3.28. The number of benzene rings is 2. The monoisotopic (exact) mass is 338 g/mol. The molecule has 0 heterocycles. The third-order valence-corrected chi connectivity index (χ3v) is 3.21. The molecule has 1 amide bonds. The van der Waals surface area contributed by atoms with Gasteiger partial charge in [0.15, 0.2) is 6.61 Å². The Balaban J connectivity index is 2.12. The molecule has 2 aromatic rings. The zero-order valence-corrected chi connectivity index (χ0v) is 13.2. The van der Waals surface area contributed by atoms with Gasteiger partial charge in [0.2, 0.25) is 0 Å². The lowest BCUT2D eigenvalue weighted by atomic mass is 10.1. The van der Waals surface area contributed by atoms with Crippen LogP contribution in [-0.2, 0) is 11.0 Å². The highest BCUT2D eigenvalue weighted by Gasteiger charge is 2.34. The summed E-state index contributed by atoms with van der Waals surface area (Å²) in [6.07, 6.45) is -4.57. The van der Waals surface area contributed by atoms with Crippen LogP contribution >= 0.6 is 0 Å². The van der Waals surface area contributed by atoms with E-state index >= 15 is 0 Å². The number of carbonyl (C=O) groups excluding carboxylic acids is 1. The van der Waals surface area contributed by atoms with Crippen LogP contribution in [0.1, 0.15) is 5.56 Å². The number of carbonyl (C=O) groups is 1. The summed E-state index contributed by atoms with van der Waals surface area (Å²) in [4.78, 5) is 13.4. The second-order valence-electron chi connectivity index (χ2n) is 5.27. The molecular formula is C17H17F3N2O2. The predicted molar refractivity (Wildman–Crippen MR) is 86.3 cm³/mol. The summed E-state index contributed by atoms with van der Waals surface area (Å²) in [6.45, 7) is -0.378. The fraction of sp³-hybridized carbons (Fsp3) is 0.235. The van der Waals surface area contributed by atoms with Gasteiger partial charge in [-0.25, -0.2) is 0 Å². The number of halogens is 3. The second-order valence-corrected chi connectivity index (χ2v) is 5.27. The molecule has 0 bridgehead atoms. The molecule has 1 N–H and O–H groups in total. The summed E-state index contributed by atoms with van der Waals surface area (Å²) in [5.41, 5.74) is -0.808. The van der Waals surface area contributed by atoms with E-state index in [9.17, 15) is 18.0 Å². The minimum Gasteiger partial charge on any atom is -0.484 e. The lowest BCUT2D eigenvalue weighted by Crippen LogP contribution is -2.22. The third-order valence-electron chi connectivity index (χ3n) is 3.21. The van der Waals surface area contributed by atoms with E-state index in [-0.39, 0.29) is 12.3 Å². The van der Waals surface area contributed by atoms with Crippen LogP contribution in [0.5, 0.6) is 5.75 Å². The molecule has 2 rings (SSSR count). The highest BCUT2D eigenvalue weighted by Crippen LogP contribution is 2.37. The quantitative estimate of drug-likeness (QED) is 0.902. The van der Waals surface area contributed by atoms with Crippen LogP contribution in [0.25, 0.3) is 0 Å². The van der Waals surface area contributed by atoms with E-state index in [1.165, 1.54) is 12.1 Å². The Morgan fingerprint density at radius 1 is 1.12 bits per heavy atom. The number of hydrogen-bond donors (Lipinski definition) is 1. The Labute approximate surface area is 137 Å². The first-order valence-corrected chi connectivity index (χ1v) is 7.13. The van der Waals surface area contributed by atoms with Gasteiger partial charge >= 0.3 is 6.18 Å². The van der Waals surface area contributed by atoms with Crippen LogP contribution in [0.3, 0.4) is 0 Å². The Morgan fingerprint density at radius 2 is 1.79 bits per heavy atom. The van der Waals surface area contributed by atoms with Gasteiger partial charge in [0.1, 0.15) is 5.75 Å². The average molecular weight is 338 g/mol. The minimum atomic E-state index is -4.57. The van der Waals surface area contributed by atoms with Crippen molar-refractivity contribution in [3.63, 3.8) is 0 Å². The fourth-order valence-electron chi connectivity index (χ4n) is 2.01. The summed E-state index contributed by atoms with van der Waals surface area (Å²) in [6, 6.07) is 12.3. The predicted octanol–water partition coefficient (Wildman–Crippen LogP) is 3.79. The molecule has 0 aliphatic carbocycles. The topological polar surface area (TPSA) is 41.6 Å². The molecular weight excluding hydrogens is 321 g/mol. The van der Waals surface area contributed by atoms with Crippen LogP contribution in [0.15, 0.2) is 48.5 Å². The zero-order chi connectivity index (χ0) is 17.7. The van der Waals surface area contributed by atoms with E-state index in [0.29, 0.717) is 11.4 Å². The summed E-state index contributed by atoms with van der Waals surface area (Å²) >= 11 is 0. The van der Waals surface area contributed by atoms with Crippen molar-refractivity contribution in [3.05, 3.63) is 54.1 Å². The second kappa shape index (κ2) is 7.25. The van der Waals surface area contributed by atoms with E-state index in [0.717, 1.165) is 6.07 Å². The van der Waals surface area contributed by atoms with Crippen molar-refractivity contribution in [3.8, 4) is 5.75 Å². The first kappa shape index (κ1) is 17.7. The van der Waals surface area contributed by atoms with Gasteiger partial charge in [0.25, 0.3) is 5.91 Å². The molecule has 128 valence electrons. The van der Waals surface area contributed by atoms with Gasteiger partial charge in [-0.2, -0.15) is 13.2 Å². The van der Waals surface area contributed by atoms with Crippen molar-refractivity contribution >= 4 is 17.3 Å². The maximum absolute atomic E-state index is 13.2. The van der Waals surface area contributed by atoms with Gasteiger partial charge in [0.05, 0.1) is 11.3 Å². The SMILES string of the molecule is CN(C)c1ccc(NC(=O)COc2ccccc2)c(C(F)(F)F)c1. The number of para-hydroxylation sites is 1. The van der Waals surface area contributed by atoms with Crippen LogP contribution in [-0.4, -0.2) is 26.6 Å². The lowest BCUT2D eigenvalue weighted by molar-refractivity contribution is -0.137. The van der Waals surface area contributed by atoms with Crippen molar-refractivity contribution in [2.24, 2.45) is 0 Å². The number of alkyl halides is 3. The van der Waals surface area contributed by atoms with Crippen LogP contribution in [0.2, 0.25) is 0 Å². The number of nitrogens with one attached hydrogen (secondary N) is 1. The van der Waals surface area contributed by atoms with E-state index in [4.69, 9.17) is 4.74 Å². The van der Waals surface area contributed by atoms with Gasteiger partial charge in [-0.3, -0.25) is 4.79 Å². The molecule has 24 heavy (non-hydrogen) atoms. The van der Waals surface area contributed by atoms with E-state index in [1.54, 1.807) is 49.3 Å². The first-order valence-electron chi connectivity index (χ1n) is 7.13. The molecule has 0 saturated carbocycles. The smallest absolute Gasteiger partial charge is 0.418 e. The average Bonchev–Trinajstić information content (AvgIpc) is 2.53. The van der Waals surface area contributed by atoms with Crippen molar-refractivity contribution in [2.45, 2.75) is 6.18 Å². The highest BCUT2D eigenvalue weighted by atomic mass is 19.4. The Kier molecular flexibility index (Phi) is 5.33. The number of rotatable bonds is 5. The first-order chi connectivity index (χ1) is 11.3. The van der Waals surface area contributed by atoms with Gasteiger partial charge in [0, 0.05) is 19.8 Å². The number of hydrogen-bond acceptors (Lipinski definition) is 3. The number of nitrogens with zero attached hydrogens (tertiary/aromatic N) is 1. The van der Waals surface area contributed by atoms with Crippen molar-refractivity contribution in [2.75, 3.05) is 30.9 Å². The van der Waals surface area contributed by atoms with Crippen molar-refractivity contribution < 1.29 is 22.7 Å². The number of amides is 1. The molecule has 2 aromatic carbocycles. The van der Waals surface area contributed by atoms with E-state index < -0.39 is 17.6 Å². The summed E-state index contributed by atoms with van der Waals surface area (Å²) in [5.74, 6) is -0.200. The minimum absolute atomic E-state index is 0.297. The fourth-order valence-corrected chi connectivity index (χ4v) is 2.01. The van der Waals surface area contributed by atoms with Gasteiger partial charge in [-0.05, 0) is 30.3 Å². The number of anilines is 2. The Bertz CT molecular complexity index is 701. The lowest BCUT2D eigenvalue weighted by Gasteiger charge is -2.18. The third kappa shape index (κ3) is 4.65. The standard InChI is InChI=1S/C17H17F3N2O2/c1-22(2)12-8-9-15(14(10-12)17(18,19)20)21-16(23)11-24-13-6-4-3-5-7-13/h3-10H,11H2,1-2H3,(H,21,23). The molecule has 0 atom stereocenters. The molecule has 0 unspecified atom stereocenters.